The fourth-order valence-corrected chi connectivity index (χ4v) is 6.32. The maximum absolute atomic E-state index is 13.2. The Labute approximate surface area is 221 Å². The molecule has 0 aliphatic heterocycles. The lowest BCUT2D eigenvalue weighted by atomic mass is 9.73. The van der Waals surface area contributed by atoms with Crippen LogP contribution in [0, 0.1) is 6.92 Å². The van der Waals surface area contributed by atoms with E-state index in [2.05, 4.69) is 55.5 Å². The van der Waals surface area contributed by atoms with Crippen molar-refractivity contribution in [2.45, 2.75) is 48.7 Å². The first-order valence-corrected chi connectivity index (χ1v) is 13.6. The SMILES string of the molecule is CC1=Cc2ccc(Br)cc2C(=O)C1c1nc(SCC(=O)NC2CC(Cl)C2c2ccccc2C)n[nH]1. The van der Waals surface area contributed by atoms with Gasteiger partial charge in [0.25, 0.3) is 0 Å². The first kappa shape index (κ1) is 24.3. The molecule has 0 radical (unpaired) electrons. The quantitative estimate of drug-likeness (QED) is 0.296. The molecule has 5 rings (SSSR count). The molecule has 1 fully saturated rings. The van der Waals surface area contributed by atoms with Crippen LogP contribution in [0.5, 0.6) is 0 Å². The Kier molecular flexibility index (Phi) is 6.88. The lowest BCUT2D eigenvalue weighted by Gasteiger charge is -2.42. The van der Waals surface area contributed by atoms with E-state index in [1.165, 1.54) is 22.9 Å². The molecule has 2 aromatic carbocycles. The van der Waals surface area contributed by atoms with Crippen molar-refractivity contribution in [3.05, 3.63) is 80.6 Å². The van der Waals surface area contributed by atoms with E-state index in [1.807, 2.05) is 43.3 Å². The number of hydrogen-bond donors (Lipinski definition) is 2. The highest BCUT2D eigenvalue weighted by molar-refractivity contribution is 9.10. The van der Waals surface area contributed by atoms with E-state index < -0.39 is 5.92 Å². The molecular formula is C26H24BrClN4O2S. The Morgan fingerprint density at radius 3 is 2.83 bits per heavy atom. The van der Waals surface area contributed by atoms with Gasteiger partial charge in [0.05, 0.1) is 5.75 Å². The highest BCUT2D eigenvalue weighted by Gasteiger charge is 2.42. The lowest BCUT2D eigenvalue weighted by Crippen LogP contribution is -2.52. The van der Waals surface area contributed by atoms with Crippen LogP contribution in [0.2, 0.25) is 0 Å². The molecule has 2 aliphatic carbocycles. The van der Waals surface area contributed by atoms with Crippen LogP contribution < -0.4 is 5.32 Å². The van der Waals surface area contributed by atoms with Gasteiger partial charge in [0.2, 0.25) is 11.1 Å². The summed E-state index contributed by atoms with van der Waals surface area (Å²) in [5.74, 6) is 0.159. The highest BCUT2D eigenvalue weighted by Crippen LogP contribution is 2.42. The van der Waals surface area contributed by atoms with Crippen molar-refractivity contribution in [1.82, 2.24) is 20.5 Å². The molecule has 3 aromatic rings. The smallest absolute Gasteiger partial charge is 0.230 e. The molecule has 1 aromatic heterocycles. The fourth-order valence-electron chi connectivity index (χ4n) is 4.84. The van der Waals surface area contributed by atoms with Crippen molar-refractivity contribution in [3.63, 3.8) is 0 Å². The Morgan fingerprint density at radius 1 is 1.26 bits per heavy atom. The van der Waals surface area contributed by atoms with E-state index in [1.54, 1.807) is 0 Å². The molecule has 1 amide bonds. The van der Waals surface area contributed by atoms with E-state index in [4.69, 9.17) is 11.6 Å². The van der Waals surface area contributed by atoms with Gasteiger partial charge in [-0.2, -0.15) is 0 Å². The number of rotatable bonds is 6. The zero-order chi connectivity index (χ0) is 24.7. The monoisotopic (exact) mass is 570 g/mol. The van der Waals surface area contributed by atoms with Crippen molar-refractivity contribution in [2.24, 2.45) is 0 Å². The van der Waals surface area contributed by atoms with Crippen molar-refractivity contribution in [1.29, 1.82) is 0 Å². The maximum atomic E-state index is 13.2. The van der Waals surface area contributed by atoms with Gasteiger partial charge < -0.3 is 5.32 Å². The van der Waals surface area contributed by atoms with Crippen LogP contribution in [0.15, 0.2) is 57.7 Å². The van der Waals surface area contributed by atoms with Crippen LogP contribution in [-0.2, 0) is 4.79 Å². The van der Waals surface area contributed by atoms with E-state index >= 15 is 0 Å². The number of aromatic nitrogens is 3. The molecule has 6 nitrogen and oxygen atoms in total. The Hall–Kier alpha value is -2.42. The molecule has 2 aliphatic rings. The summed E-state index contributed by atoms with van der Waals surface area (Å²) in [6.45, 7) is 3.99. The number of nitrogens with zero attached hydrogens (tertiary/aromatic N) is 2. The number of amides is 1. The largest absolute Gasteiger partial charge is 0.352 e. The van der Waals surface area contributed by atoms with Gasteiger partial charge in [-0.05, 0) is 49.1 Å². The second kappa shape index (κ2) is 9.91. The van der Waals surface area contributed by atoms with Crippen molar-refractivity contribution < 1.29 is 9.59 Å². The van der Waals surface area contributed by atoms with Crippen molar-refractivity contribution >= 4 is 57.1 Å². The van der Waals surface area contributed by atoms with Crippen molar-refractivity contribution in [3.8, 4) is 0 Å². The summed E-state index contributed by atoms with van der Waals surface area (Å²) >= 11 is 11.2. The fraction of sp³-hybridized carbons (Fsp3) is 0.308. The minimum Gasteiger partial charge on any atom is -0.352 e. The highest BCUT2D eigenvalue weighted by atomic mass is 79.9. The summed E-state index contributed by atoms with van der Waals surface area (Å²) in [6.07, 6.45) is 2.75. The number of benzene rings is 2. The minimum atomic E-state index is -0.516. The lowest BCUT2D eigenvalue weighted by molar-refractivity contribution is -0.119. The minimum absolute atomic E-state index is 0.0136. The van der Waals surface area contributed by atoms with E-state index in [0.29, 0.717) is 16.5 Å². The molecule has 2 N–H and O–H groups in total. The average molecular weight is 572 g/mol. The summed E-state index contributed by atoms with van der Waals surface area (Å²) in [7, 11) is 0. The normalized spacial score (nSPS) is 23.3. The number of aromatic amines is 1. The zero-order valence-corrected chi connectivity index (χ0v) is 22.4. The van der Waals surface area contributed by atoms with Gasteiger partial charge in [0.15, 0.2) is 5.78 Å². The average Bonchev–Trinajstić information content (AvgIpc) is 3.28. The number of allylic oxidation sites excluding steroid dienone is 1. The van der Waals surface area contributed by atoms with Gasteiger partial charge in [0.1, 0.15) is 11.7 Å². The van der Waals surface area contributed by atoms with Crippen LogP contribution >= 0.6 is 39.3 Å². The predicted octanol–water partition coefficient (Wildman–Crippen LogP) is 5.63. The molecule has 0 spiro atoms. The molecular weight excluding hydrogens is 548 g/mol. The third kappa shape index (κ3) is 4.84. The molecule has 1 heterocycles. The van der Waals surface area contributed by atoms with Gasteiger partial charge in [-0.25, -0.2) is 4.98 Å². The van der Waals surface area contributed by atoms with E-state index in [9.17, 15) is 9.59 Å². The molecule has 0 bridgehead atoms. The van der Waals surface area contributed by atoms with Gasteiger partial charge in [-0.3, -0.25) is 14.7 Å². The van der Waals surface area contributed by atoms with E-state index in [0.717, 1.165) is 22.0 Å². The molecule has 0 saturated heterocycles. The molecule has 9 heteroatoms. The number of carbonyl (C=O) groups is 2. The Balaban J connectivity index is 1.21. The number of Topliss-reactive ketones (excluding diaryl/α,β-unsaturated/α-hetero) is 1. The Bertz CT molecular complexity index is 1340. The summed E-state index contributed by atoms with van der Waals surface area (Å²) in [4.78, 5) is 30.4. The van der Waals surface area contributed by atoms with E-state index in [-0.39, 0.29) is 34.8 Å². The zero-order valence-electron chi connectivity index (χ0n) is 19.2. The second-order valence-electron chi connectivity index (χ2n) is 9.02. The van der Waals surface area contributed by atoms with Crippen LogP contribution in [-0.4, -0.2) is 44.0 Å². The summed E-state index contributed by atoms with van der Waals surface area (Å²) < 4.78 is 0.854. The first-order valence-electron chi connectivity index (χ1n) is 11.4. The maximum Gasteiger partial charge on any atom is 0.230 e. The molecule has 35 heavy (non-hydrogen) atoms. The number of fused-ring (bicyclic) bond motifs is 1. The van der Waals surface area contributed by atoms with Gasteiger partial charge in [0, 0.05) is 27.4 Å². The van der Waals surface area contributed by atoms with Gasteiger partial charge >= 0.3 is 0 Å². The number of thioether (sulfide) groups is 1. The number of nitrogens with one attached hydrogen (secondary N) is 2. The summed E-state index contributed by atoms with van der Waals surface area (Å²) in [6, 6.07) is 13.9. The number of aryl methyl sites for hydroxylation is 1. The summed E-state index contributed by atoms with van der Waals surface area (Å²) in [5, 5.41) is 10.7. The van der Waals surface area contributed by atoms with Crippen LogP contribution in [0.25, 0.3) is 6.08 Å². The molecule has 180 valence electrons. The molecule has 4 unspecified atom stereocenters. The number of alkyl halides is 1. The molecule has 4 atom stereocenters. The first-order chi connectivity index (χ1) is 16.8. The third-order valence-corrected chi connectivity index (χ3v) is 8.46. The van der Waals surface area contributed by atoms with Crippen LogP contribution in [0.1, 0.15) is 58.1 Å². The number of ketones is 1. The van der Waals surface area contributed by atoms with Crippen LogP contribution in [0.4, 0.5) is 0 Å². The number of halogens is 2. The predicted molar refractivity (Wildman–Crippen MR) is 142 cm³/mol. The number of hydrogen-bond acceptors (Lipinski definition) is 5. The second-order valence-corrected chi connectivity index (χ2v) is 11.4. The number of H-pyrrole nitrogens is 1. The van der Waals surface area contributed by atoms with Crippen LogP contribution in [0.3, 0.4) is 0 Å². The Morgan fingerprint density at radius 2 is 2.06 bits per heavy atom. The molecule has 1 saturated carbocycles. The van der Waals surface area contributed by atoms with Gasteiger partial charge in [-0.15, -0.1) is 16.7 Å². The topological polar surface area (TPSA) is 87.7 Å². The van der Waals surface area contributed by atoms with Gasteiger partial charge in [-0.1, -0.05) is 69.7 Å². The third-order valence-electron chi connectivity index (χ3n) is 6.67. The summed E-state index contributed by atoms with van der Waals surface area (Å²) in [5.41, 5.74) is 4.82. The van der Waals surface area contributed by atoms with Crippen molar-refractivity contribution in [2.75, 3.05) is 5.75 Å². The number of carbonyl (C=O) groups excluding carboxylic acids is 2. The standard InChI is InChI=1S/C26H24BrClN4O2S/c1-13-5-3-4-6-17(13)23-19(28)11-20(23)29-21(33)12-35-26-30-25(31-32-26)22-14(2)9-15-7-8-16(27)10-18(15)24(22)34/h3-10,19-20,22-23H,11-12H2,1-2H3,(H,29,33)(H,30,31,32).